The van der Waals surface area contributed by atoms with Crippen molar-refractivity contribution >= 4 is 29.2 Å². The highest BCUT2D eigenvalue weighted by Crippen LogP contribution is 2.30. The van der Waals surface area contributed by atoms with Crippen molar-refractivity contribution < 1.29 is 29.1 Å². The molecular formula is C17H15ClN2O7. The molecule has 2 rings (SSSR count). The molecule has 142 valence electrons. The Labute approximate surface area is 158 Å². The number of amides is 1. The fourth-order valence-electron chi connectivity index (χ4n) is 2.29. The van der Waals surface area contributed by atoms with Gasteiger partial charge >= 0.3 is 5.97 Å². The maximum absolute atomic E-state index is 12.5. The van der Waals surface area contributed by atoms with E-state index in [0.717, 1.165) is 19.2 Å². The van der Waals surface area contributed by atoms with Crippen molar-refractivity contribution in [1.82, 2.24) is 5.32 Å². The summed E-state index contributed by atoms with van der Waals surface area (Å²) >= 11 is 5.94. The zero-order valence-electron chi connectivity index (χ0n) is 14.3. The summed E-state index contributed by atoms with van der Waals surface area (Å²) in [4.78, 5) is 34.7. The number of benzene rings is 2. The lowest BCUT2D eigenvalue weighted by atomic mass is 10.1. The number of nitrogens with one attached hydrogen (secondary N) is 1. The van der Waals surface area contributed by atoms with Gasteiger partial charge in [-0.1, -0.05) is 17.7 Å². The Kier molecular flexibility index (Phi) is 6.19. The standard InChI is InChI=1S/C17H15ClN2O7/c1-26-14-6-3-9(7-13(14)21)15(17(23)27-2)19-16(22)11-5-4-10(20(24)25)8-12(11)18/h3-8,15,21H,1-2H3,(H,19,22)/t15-/m1/s1. The number of phenols is 1. The highest BCUT2D eigenvalue weighted by atomic mass is 35.5. The molecule has 0 aliphatic heterocycles. The number of phenolic OH excluding ortho intramolecular Hbond substituents is 1. The topological polar surface area (TPSA) is 128 Å². The van der Waals surface area contributed by atoms with Crippen LogP contribution >= 0.6 is 11.6 Å². The Morgan fingerprint density at radius 2 is 1.93 bits per heavy atom. The number of hydrogen-bond acceptors (Lipinski definition) is 7. The van der Waals surface area contributed by atoms with Crippen LogP contribution in [0, 0.1) is 10.1 Å². The SMILES string of the molecule is COC(=O)[C@H](NC(=O)c1ccc([N+](=O)[O-])cc1Cl)c1ccc(OC)c(O)c1. The van der Waals surface area contributed by atoms with Crippen molar-refractivity contribution in [3.8, 4) is 11.5 Å². The first-order chi connectivity index (χ1) is 12.8. The van der Waals surface area contributed by atoms with Gasteiger partial charge in [0.05, 0.1) is 29.7 Å². The third-order valence-electron chi connectivity index (χ3n) is 3.66. The van der Waals surface area contributed by atoms with Crippen molar-refractivity contribution in [1.29, 1.82) is 0 Å². The summed E-state index contributed by atoms with van der Waals surface area (Å²) in [6.45, 7) is 0. The van der Waals surface area contributed by atoms with Gasteiger partial charge in [0.2, 0.25) is 0 Å². The Morgan fingerprint density at radius 1 is 1.22 bits per heavy atom. The summed E-state index contributed by atoms with van der Waals surface area (Å²) in [5, 5.41) is 22.9. The maximum Gasteiger partial charge on any atom is 0.333 e. The zero-order chi connectivity index (χ0) is 20.1. The van der Waals surface area contributed by atoms with Crippen molar-refractivity contribution in [2.45, 2.75) is 6.04 Å². The molecule has 0 aliphatic rings. The minimum atomic E-state index is -1.24. The molecule has 10 heteroatoms. The predicted molar refractivity (Wildman–Crippen MR) is 95.0 cm³/mol. The number of ether oxygens (including phenoxy) is 2. The molecule has 0 aliphatic carbocycles. The van der Waals surface area contributed by atoms with E-state index < -0.39 is 22.8 Å². The van der Waals surface area contributed by atoms with Crippen LogP contribution in [0.15, 0.2) is 36.4 Å². The quantitative estimate of drug-likeness (QED) is 0.437. The molecule has 27 heavy (non-hydrogen) atoms. The van der Waals surface area contributed by atoms with Crippen LogP contribution in [0.2, 0.25) is 5.02 Å². The van der Waals surface area contributed by atoms with E-state index in [0.29, 0.717) is 0 Å². The smallest absolute Gasteiger partial charge is 0.333 e. The number of nitrogens with zero attached hydrogens (tertiary/aromatic N) is 1. The fourth-order valence-corrected chi connectivity index (χ4v) is 2.55. The number of esters is 1. The number of aromatic hydroxyl groups is 1. The minimum absolute atomic E-state index is 0.0612. The van der Waals surface area contributed by atoms with Crippen LogP contribution < -0.4 is 10.1 Å². The third-order valence-corrected chi connectivity index (χ3v) is 3.97. The largest absolute Gasteiger partial charge is 0.504 e. The van der Waals surface area contributed by atoms with Crippen LogP contribution in [0.4, 0.5) is 5.69 Å². The summed E-state index contributed by atoms with van der Waals surface area (Å²) in [7, 11) is 2.51. The molecule has 0 heterocycles. The molecule has 0 saturated heterocycles. The number of halogens is 1. The monoisotopic (exact) mass is 394 g/mol. The summed E-state index contributed by atoms with van der Waals surface area (Å²) < 4.78 is 9.63. The van der Waals surface area contributed by atoms with Crippen molar-refractivity contribution in [2.24, 2.45) is 0 Å². The molecule has 0 spiro atoms. The third kappa shape index (κ3) is 4.45. The first-order valence-corrected chi connectivity index (χ1v) is 7.85. The highest BCUT2D eigenvalue weighted by molar-refractivity contribution is 6.34. The number of carbonyl (C=O) groups excluding carboxylic acids is 2. The van der Waals surface area contributed by atoms with E-state index in [4.69, 9.17) is 21.1 Å². The van der Waals surface area contributed by atoms with Crippen LogP contribution in [0.3, 0.4) is 0 Å². The van der Waals surface area contributed by atoms with E-state index in [1.807, 2.05) is 0 Å². The second-order valence-electron chi connectivity index (χ2n) is 5.28. The lowest BCUT2D eigenvalue weighted by molar-refractivity contribution is -0.384. The lowest BCUT2D eigenvalue weighted by Crippen LogP contribution is -2.34. The molecule has 1 amide bonds. The van der Waals surface area contributed by atoms with Gasteiger partial charge in [-0.3, -0.25) is 14.9 Å². The Bertz CT molecular complexity index is 901. The molecule has 0 unspecified atom stereocenters. The van der Waals surface area contributed by atoms with Gasteiger partial charge in [-0.05, 0) is 23.8 Å². The van der Waals surface area contributed by atoms with Crippen LogP contribution in [-0.4, -0.2) is 36.1 Å². The zero-order valence-corrected chi connectivity index (χ0v) is 15.0. The van der Waals surface area contributed by atoms with E-state index in [9.17, 15) is 24.8 Å². The summed E-state index contributed by atoms with van der Waals surface area (Å²) in [6.07, 6.45) is 0. The van der Waals surface area contributed by atoms with E-state index in [-0.39, 0.29) is 33.3 Å². The first kappa shape index (κ1) is 20.0. The molecule has 1 atom stereocenters. The number of hydrogen-bond donors (Lipinski definition) is 2. The van der Waals surface area contributed by atoms with Gasteiger partial charge in [-0.2, -0.15) is 0 Å². The second kappa shape index (κ2) is 8.37. The first-order valence-electron chi connectivity index (χ1n) is 7.48. The molecule has 0 bridgehead atoms. The number of nitro groups is 1. The number of methoxy groups -OCH3 is 2. The number of nitro benzene ring substituents is 1. The molecular weight excluding hydrogens is 380 g/mol. The molecule has 9 nitrogen and oxygen atoms in total. The average molecular weight is 395 g/mol. The fraction of sp³-hybridized carbons (Fsp3) is 0.176. The van der Waals surface area contributed by atoms with Gasteiger partial charge in [-0.15, -0.1) is 0 Å². The van der Waals surface area contributed by atoms with Crippen LogP contribution in [0.25, 0.3) is 0 Å². The van der Waals surface area contributed by atoms with Gasteiger partial charge in [0.25, 0.3) is 11.6 Å². The van der Waals surface area contributed by atoms with Gasteiger partial charge in [0.15, 0.2) is 17.5 Å². The van der Waals surface area contributed by atoms with Gasteiger partial charge in [-0.25, -0.2) is 4.79 Å². The predicted octanol–water partition coefficient (Wildman–Crippen LogP) is 2.61. The van der Waals surface area contributed by atoms with Crippen molar-refractivity contribution in [3.63, 3.8) is 0 Å². The Morgan fingerprint density at radius 3 is 2.44 bits per heavy atom. The molecule has 0 fully saturated rings. The molecule has 0 aromatic heterocycles. The number of non-ortho nitro benzene ring substituents is 1. The van der Waals surface area contributed by atoms with Gasteiger partial charge < -0.3 is 19.9 Å². The Balaban J connectivity index is 2.34. The van der Waals surface area contributed by atoms with E-state index >= 15 is 0 Å². The van der Waals surface area contributed by atoms with Crippen LogP contribution in [-0.2, 0) is 9.53 Å². The molecule has 2 aromatic carbocycles. The molecule has 0 saturated carbocycles. The van der Waals surface area contributed by atoms with E-state index in [1.54, 1.807) is 0 Å². The number of rotatable bonds is 6. The number of carbonyl (C=O) groups is 2. The summed E-state index contributed by atoms with van der Waals surface area (Å²) in [6, 6.07) is 6.22. The normalized spacial score (nSPS) is 11.4. The molecule has 0 radical (unpaired) electrons. The van der Waals surface area contributed by atoms with Crippen LogP contribution in [0.5, 0.6) is 11.5 Å². The average Bonchev–Trinajstić information content (AvgIpc) is 2.65. The van der Waals surface area contributed by atoms with Crippen molar-refractivity contribution in [3.05, 3.63) is 62.7 Å². The molecule has 2 aromatic rings. The van der Waals surface area contributed by atoms with Crippen LogP contribution in [0.1, 0.15) is 22.0 Å². The lowest BCUT2D eigenvalue weighted by Gasteiger charge is -2.18. The van der Waals surface area contributed by atoms with Gasteiger partial charge in [0, 0.05) is 12.1 Å². The minimum Gasteiger partial charge on any atom is -0.504 e. The van der Waals surface area contributed by atoms with E-state index in [1.165, 1.54) is 31.4 Å². The molecule has 2 N–H and O–H groups in total. The maximum atomic E-state index is 12.5. The van der Waals surface area contributed by atoms with Gasteiger partial charge in [0.1, 0.15) is 0 Å². The summed E-state index contributed by atoms with van der Waals surface area (Å²) in [5.41, 5.74) is -0.0958. The summed E-state index contributed by atoms with van der Waals surface area (Å²) in [5.74, 6) is -1.58. The van der Waals surface area contributed by atoms with E-state index in [2.05, 4.69) is 5.32 Å². The Hall–Kier alpha value is -3.33. The second-order valence-corrected chi connectivity index (χ2v) is 5.69. The van der Waals surface area contributed by atoms with Crippen molar-refractivity contribution in [2.75, 3.05) is 14.2 Å². The highest BCUT2D eigenvalue weighted by Gasteiger charge is 2.26.